The predicted molar refractivity (Wildman–Crippen MR) is 54.9 cm³/mol. The quantitative estimate of drug-likeness (QED) is 0.512. The molecule has 0 radical (unpaired) electrons. The topological polar surface area (TPSA) is 21.6 Å². The van der Waals surface area contributed by atoms with Crippen LogP contribution in [0.3, 0.4) is 0 Å². The highest BCUT2D eigenvalue weighted by atomic mass is 16.6. The van der Waals surface area contributed by atoms with Gasteiger partial charge in [0.05, 0.1) is 6.21 Å². The zero-order chi connectivity index (χ0) is 9.52. The summed E-state index contributed by atoms with van der Waals surface area (Å²) in [5.41, 5.74) is 1.06. The van der Waals surface area contributed by atoms with E-state index >= 15 is 0 Å². The molecule has 2 heteroatoms. The molecule has 70 valence electrons. The van der Waals surface area contributed by atoms with Crippen molar-refractivity contribution < 1.29 is 4.84 Å². The first-order valence-corrected chi connectivity index (χ1v) is 4.57. The van der Waals surface area contributed by atoms with E-state index in [0.29, 0.717) is 0 Å². The van der Waals surface area contributed by atoms with Gasteiger partial charge in [-0.3, -0.25) is 0 Å². The second-order valence-corrected chi connectivity index (χ2v) is 2.97. The summed E-state index contributed by atoms with van der Waals surface area (Å²) in [6.07, 6.45) is 2.90. The maximum atomic E-state index is 5.16. The summed E-state index contributed by atoms with van der Waals surface area (Å²) < 4.78 is 0. The van der Waals surface area contributed by atoms with Crippen LogP contribution in [0.1, 0.15) is 25.8 Å². The van der Waals surface area contributed by atoms with E-state index in [0.717, 1.165) is 12.0 Å². The van der Waals surface area contributed by atoms with Crippen LogP contribution < -0.4 is 0 Å². The third-order valence-corrected chi connectivity index (χ3v) is 1.82. The third kappa shape index (κ3) is 3.74. The number of oxime groups is 1. The van der Waals surface area contributed by atoms with Crippen molar-refractivity contribution >= 4 is 6.21 Å². The lowest BCUT2D eigenvalue weighted by molar-refractivity contribution is 0.0712. The van der Waals surface area contributed by atoms with Gasteiger partial charge in [0.15, 0.2) is 0 Å². The van der Waals surface area contributed by atoms with Crippen molar-refractivity contribution in [1.82, 2.24) is 0 Å². The van der Waals surface area contributed by atoms with Gasteiger partial charge in [0.2, 0.25) is 0 Å². The monoisotopic (exact) mass is 177 g/mol. The molecule has 0 aromatic heterocycles. The van der Waals surface area contributed by atoms with Gasteiger partial charge in [-0.05, 0) is 18.9 Å². The molecule has 1 unspecified atom stereocenters. The van der Waals surface area contributed by atoms with Crippen LogP contribution in [-0.4, -0.2) is 12.3 Å². The Morgan fingerprint density at radius 2 is 2.08 bits per heavy atom. The van der Waals surface area contributed by atoms with Crippen molar-refractivity contribution in [2.24, 2.45) is 5.16 Å². The van der Waals surface area contributed by atoms with E-state index in [2.05, 4.69) is 12.1 Å². The highest BCUT2D eigenvalue weighted by molar-refractivity contribution is 5.78. The second kappa shape index (κ2) is 5.36. The Kier molecular flexibility index (Phi) is 4.03. The SMILES string of the molecule is CCC(C)ON=Cc1ccccc1. The average Bonchev–Trinajstić information content (AvgIpc) is 2.19. The molecule has 13 heavy (non-hydrogen) atoms. The van der Waals surface area contributed by atoms with Gasteiger partial charge in [-0.15, -0.1) is 0 Å². The lowest BCUT2D eigenvalue weighted by Gasteiger charge is -2.04. The van der Waals surface area contributed by atoms with E-state index < -0.39 is 0 Å². The Morgan fingerprint density at radius 3 is 2.69 bits per heavy atom. The van der Waals surface area contributed by atoms with Gasteiger partial charge >= 0.3 is 0 Å². The summed E-state index contributed by atoms with van der Waals surface area (Å²) in [5, 5.41) is 3.89. The molecule has 0 N–H and O–H groups in total. The fourth-order valence-electron chi connectivity index (χ4n) is 0.809. The first-order valence-electron chi connectivity index (χ1n) is 4.57. The molecule has 1 aromatic rings. The molecule has 1 aromatic carbocycles. The number of rotatable bonds is 4. The molecule has 0 aliphatic rings. The van der Waals surface area contributed by atoms with E-state index in [4.69, 9.17) is 4.84 Å². The normalized spacial score (nSPS) is 13.1. The van der Waals surface area contributed by atoms with Gasteiger partial charge in [-0.1, -0.05) is 42.4 Å². The van der Waals surface area contributed by atoms with Crippen molar-refractivity contribution in [2.75, 3.05) is 0 Å². The molecule has 1 atom stereocenters. The third-order valence-electron chi connectivity index (χ3n) is 1.82. The highest BCUT2D eigenvalue weighted by Gasteiger charge is 1.94. The minimum absolute atomic E-state index is 0.194. The van der Waals surface area contributed by atoms with Crippen LogP contribution in [0, 0.1) is 0 Å². The molecule has 0 amide bonds. The van der Waals surface area contributed by atoms with Crippen molar-refractivity contribution in [1.29, 1.82) is 0 Å². The van der Waals surface area contributed by atoms with Crippen LogP contribution >= 0.6 is 0 Å². The molecule has 0 fully saturated rings. The molecule has 0 bridgehead atoms. The van der Waals surface area contributed by atoms with E-state index in [1.54, 1.807) is 6.21 Å². The fraction of sp³-hybridized carbons (Fsp3) is 0.364. The standard InChI is InChI=1S/C11H15NO/c1-3-10(2)13-12-9-11-7-5-4-6-8-11/h4-10H,3H2,1-2H3. The first-order chi connectivity index (χ1) is 6.33. The summed E-state index contributed by atoms with van der Waals surface area (Å²) >= 11 is 0. The van der Waals surface area contributed by atoms with Crippen LogP contribution in [0.4, 0.5) is 0 Å². The molecule has 0 aliphatic carbocycles. The van der Waals surface area contributed by atoms with Gasteiger partial charge < -0.3 is 4.84 Å². The molecule has 0 spiro atoms. The molecule has 2 nitrogen and oxygen atoms in total. The van der Waals surface area contributed by atoms with Gasteiger partial charge in [0.25, 0.3) is 0 Å². The van der Waals surface area contributed by atoms with E-state index in [-0.39, 0.29) is 6.10 Å². The van der Waals surface area contributed by atoms with E-state index in [9.17, 15) is 0 Å². The van der Waals surface area contributed by atoms with Crippen molar-refractivity contribution in [3.05, 3.63) is 35.9 Å². The van der Waals surface area contributed by atoms with Gasteiger partial charge in [0, 0.05) is 0 Å². The Morgan fingerprint density at radius 1 is 1.38 bits per heavy atom. The van der Waals surface area contributed by atoms with Crippen LogP contribution in [0.15, 0.2) is 35.5 Å². The maximum absolute atomic E-state index is 5.16. The Bertz CT molecular complexity index is 256. The summed E-state index contributed by atoms with van der Waals surface area (Å²) in [7, 11) is 0. The smallest absolute Gasteiger partial charge is 0.124 e. The van der Waals surface area contributed by atoms with E-state index in [1.807, 2.05) is 37.3 Å². The van der Waals surface area contributed by atoms with E-state index in [1.165, 1.54) is 0 Å². The molecular formula is C11H15NO. The number of hydrogen-bond acceptors (Lipinski definition) is 2. The summed E-state index contributed by atoms with van der Waals surface area (Å²) in [6, 6.07) is 9.91. The lowest BCUT2D eigenvalue weighted by Crippen LogP contribution is -2.01. The second-order valence-electron chi connectivity index (χ2n) is 2.97. The molecule has 0 saturated heterocycles. The lowest BCUT2D eigenvalue weighted by atomic mass is 10.2. The zero-order valence-corrected chi connectivity index (χ0v) is 8.10. The Hall–Kier alpha value is -1.31. The molecule has 0 aliphatic heterocycles. The number of nitrogens with zero attached hydrogens (tertiary/aromatic N) is 1. The first kappa shape index (κ1) is 9.78. The maximum Gasteiger partial charge on any atom is 0.124 e. The molecular weight excluding hydrogens is 162 g/mol. The minimum atomic E-state index is 0.194. The van der Waals surface area contributed by atoms with Crippen LogP contribution in [0.25, 0.3) is 0 Å². The van der Waals surface area contributed by atoms with Gasteiger partial charge in [-0.2, -0.15) is 0 Å². The molecule has 0 saturated carbocycles. The van der Waals surface area contributed by atoms with Crippen LogP contribution in [0.5, 0.6) is 0 Å². The Balaban J connectivity index is 2.41. The van der Waals surface area contributed by atoms with Crippen molar-refractivity contribution in [3.8, 4) is 0 Å². The molecule has 1 rings (SSSR count). The summed E-state index contributed by atoms with van der Waals surface area (Å²) in [4.78, 5) is 5.16. The van der Waals surface area contributed by atoms with Crippen LogP contribution in [-0.2, 0) is 4.84 Å². The predicted octanol–water partition coefficient (Wildman–Crippen LogP) is 2.84. The van der Waals surface area contributed by atoms with Gasteiger partial charge in [0.1, 0.15) is 6.10 Å². The van der Waals surface area contributed by atoms with Crippen molar-refractivity contribution in [2.45, 2.75) is 26.4 Å². The summed E-state index contributed by atoms with van der Waals surface area (Å²) in [5.74, 6) is 0. The van der Waals surface area contributed by atoms with Gasteiger partial charge in [-0.25, -0.2) is 0 Å². The molecule has 0 heterocycles. The fourth-order valence-corrected chi connectivity index (χ4v) is 0.809. The largest absolute Gasteiger partial charge is 0.393 e. The van der Waals surface area contributed by atoms with Crippen LogP contribution in [0.2, 0.25) is 0 Å². The highest BCUT2D eigenvalue weighted by Crippen LogP contribution is 1.98. The average molecular weight is 177 g/mol. The van der Waals surface area contributed by atoms with Crippen molar-refractivity contribution in [3.63, 3.8) is 0 Å². The number of hydrogen-bond donors (Lipinski definition) is 0. The Labute approximate surface area is 79.2 Å². The zero-order valence-electron chi connectivity index (χ0n) is 8.10. The number of benzene rings is 1. The minimum Gasteiger partial charge on any atom is -0.393 e. The summed E-state index contributed by atoms with van der Waals surface area (Å²) in [6.45, 7) is 4.07.